The fourth-order valence-corrected chi connectivity index (χ4v) is 3.78. The number of H-pyrrole nitrogens is 1. The van der Waals surface area contributed by atoms with E-state index in [4.69, 9.17) is 0 Å². The molecular formula is C18H21N3O2. The van der Waals surface area contributed by atoms with Crippen molar-refractivity contribution in [1.29, 1.82) is 0 Å². The monoisotopic (exact) mass is 311 g/mol. The quantitative estimate of drug-likeness (QED) is 0.890. The lowest BCUT2D eigenvalue weighted by atomic mass is 9.89. The zero-order valence-electron chi connectivity index (χ0n) is 13.4. The van der Waals surface area contributed by atoms with E-state index >= 15 is 0 Å². The minimum atomic E-state index is -0.394. The number of piperazine rings is 1. The number of para-hydroxylation sites is 1. The molecule has 0 aliphatic carbocycles. The summed E-state index contributed by atoms with van der Waals surface area (Å²) in [4.78, 5) is 30.6. The lowest BCUT2D eigenvalue weighted by molar-refractivity contribution is -0.152. The summed E-state index contributed by atoms with van der Waals surface area (Å²) < 4.78 is 0. The molecule has 3 heterocycles. The smallest absolute Gasteiger partial charge is 0.246 e. The van der Waals surface area contributed by atoms with Crippen LogP contribution in [0.3, 0.4) is 0 Å². The maximum absolute atomic E-state index is 12.8. The van der Waals surface area contributed by atoms with Gasteiger partial charge in [-0.25, -0.2) is 0 Å². The van der Waals surface area contributed by atoms with Crippen LogP contribution in [0.4, 0.5) is 0 Å². The van der Waals surface area contributed by atoms with E-state index in [0.717, 1.165) is 23.0 Å². The van der Waals surface area contributed by atoms with Gasteiger partial charge in [0.05, 0.1) is 6.54 Å². The summed E-state index contributed by atoms with van der Waals surface area (Å²) >= 11 is 0. The molecule has 3 atom stereocenters. The molecule has 0 radical (unpaired) electrons. The van der Waals surface area contributed by atoms with Gasteiger partial charge in [0.2, 0.25) is 11.8 Å². The van der Waals surface area contributed by atoms with Crippen LogP contribution < -0.4 is 5.32 Å². The summed E-state index contributed by atoms with van der Waals surface area (Å²) in [6.45, 7) is 4.55. The number of rotatable bonds is 2. The molecule has 120 valence electrons. The number of aromatic amines is 1. The summed E-state index contributed by atoms with van der Waals surface area (Å²) in [7, 11) is 0. The van der Waals surface area contributed by atoms with Gasteiger partial charge in [-0.15, -0.1) is 0 Å². The Labute approximate surface area is 135 Å². The molecule has 4 rings (SSSR count). The first kappa shape index (κ1) is 14.3. The average Bonchev–Trinajstić information content (AvgIpc) is 2.93. The van der Waals surface area contributed by atoms with E-state index in [1.54, 1.807) is 4.90 Å². The highest BCUT2D eigenvalue weighted by atomic mass is 16.2. The SMILES string of the molecule is CCC(C)[C@@H]1NC(=O)[C@@H]2Cc3c([nH]c4ccccc34)CN2C1=O. The fraction of sp³-hybridized carbons (Fsp3) is 0.444. The number of amides is 2. The fourth-order valence-electron chi connectivity index (χ4n) is 3.78. The molecule has 1 aromatic carbocycles. The Hall–Kier alpha value is -2.30. The highest BCUT2D eigenvalue weighted by Crippen LogP contribution is 2.32. The van der Waals surface area contributed by atoms with Gasteiger partial charge in [-0.1, -0.05) is 38.5 Å². The number of fused-ring (bicyclic) bond motifs is 4. The van der Waals surface area contributed by atoms with Crippen LogP contribution in [0.15, 0.2) is 24.3 Å². The first-order valence-corrected chi connectivity index (χ1v) is 8.29. The van der Waals surface area contributed by atoms with Crippen LogP contribution in [0, 0.1) is 5.92 Å². The number of carbonyl (C=O) groups excluding carboxylic acids is 2. The van der Waals surface area contributed by atoms with E-state index in [-0.39, 0.29) is 23.8 Å². The molecule has 5 nitrogen and oxygen atoms in total. The highest BCUT2D eigenvalue weighted by molar-refractivity contribution is 5.98. The molecule has 1 aromatic heterocycles. The van der Waals surface area contributed by atoms with E-state index in [9.17, 15) is 9.59 Å². The number of hydrogen-bond acceptors (Lipinski definition) is 2. The van der Waals surface area contributed by atoms with Gasteiger partial charge in [-0.3, -0.25) is 9.59 Å². The number of hydrogen-bond donors (Lipinski definition) is 2. The summed E-state index contributed by atoms with van der Waals surface area (Å²) in [5.74, 6) is 0.176. The Balaban J connectivity index is 1.73. The summed E-state index contributed by atoms with van der Waals surface area (Å²) in [5, 5.41) is 4.11. The van der Waals surface area contributed by atoms with Crippen molar-refractivity contribution in [2.45, 2.75) is 45.3 Å². The molecule has 2 aromatic rings. The minimum Gasteiger partial charge on any atom is -0.357 e. The number of benzene rings is 1. The third-order valence-electron chi connectivity index (χ3n) is 5.37. The van der Waals surface area contributed by atoms with Crippen molar-refractivity contribution in [3.8, 4) is 0 Å². The van der Waals surface area contributed by atoms with Gasteiger partial charge in [-0.05, 0) is 17.5 Å². The standard InChI is InChI=1S/C18H21N3O2/c1-3-10(2)16-18(23)21-9-14-12(8-15(21)17(22)20-16)11-6-4-5-7-13(11)19-14/h4-7,10,15-16,19H,3,8-9H2,1-2H3,(H,20,22)/t10?,15-,16-/m0/s1. The first-order valence-electron chi connectivity index (χ1n) is 8.29. The first-order chi connectivity index (χ1) is 11.1. The summed E-state index contributed by atoms with van der Waals surface area (Å²) in [6, 6.07) is 7.34. The van der Waals surface area contributed by atoms with Gasteiger partial charge in [0, 0.05) is 23.0 Å². The second-order valence-corrected chi connectivity index (χ2v) is 6.69. The second-order valence-electron chi connectivity index (χ2n) is 6.69. The molecule has 1 fully saturated rings. The molecule has 5 heteroatoms. The van der Waals surface area contributed by atoms with Gasteiger partial charge < -0.3 is 15.2 Å². The maximum Gasteiger partial charge on any atom is 0.246 e. The zero-order valence-corrected chi connectivity index (χ0v) is 13.4. The molecule has 0 spiro atoms. The van der Waals surface area contributed by atoms with Crippen molar-refractivity contribution in [3.05, 3.63) is 35.5 Å². The Kier molecular flexibility index (Phi) is 3.18. The van der Waals surface area contributed by atoms with Crippen LogP contribution in [0.5, 0.6) is 0 Å². The average molecular weight is 311 g/mol. The van der Waals surface area contributed by atoms with Crippen LogP contribution in [0.1, 0.15) is 31.5 Å². The number of nitrogens with zero attached hydrogens (tertiary/aromatic N) is 1. The van der Waals surface area contributed by atoms with Gasteiger partial charge in [0.15, 0.2) is 0 Å². The number of aromatic nitrogens is 1. The third kappa shape index (κ3) is 2.06. The topological polar surface area (TPSA) is 65.2 Å². The Morgan fingerprint density at radius 2 is 2.09 bits per heavy atom. The van der Waals surface area contributed by atoms with E-state index in [1.165, 1.54) is 5.56 Å². The number of carbonyl (C=O) groups is 2. The third-order valence-corrected chi connectivity index (χ3v) is 5.37. The summed E-state index contributed by atoms with van der Waals surface area (Å²) in [5.41, 5.74) is 3.31. The maximum atomic E-state index is 12.8. The van der Waals surface area contributed by atoms with Crippen molar-refractivity contribution in [2.75, 3.05) is 0 Å². The molecule has 23 heavy (non-hydrogen) atoms. The van der Waals surface area contributed by atoms with Gasteiger partial charge in [-0.2, -0.15) is 0 Å². The van der Waals surface area contributed by atoms with Crippen molar-refractivity contribution in [2.24, 2.45) is 5.92 Å². The normalized spacial score (nSPS) is 25.0. The van der Waals surface area contributed by atoms with Crippen molar-refractivity contribution in [3.63, 3.8) is 0 Å². The lowest BCUT2D eigenvalue weighted by Gasteiger charge is -2.43. The highest BCUT2D eigenvalue weighted by Gasteiger charge is 2.45. The van der Waals surface area contributed by atoms with E-state index < -0.39 is 6.04 Å². The number of nitrogens with one attached hydrogen (secondary N) is 2. The second kappa shape index (κ2) is 5.11. The molecular weight excluding hydrogens is 290 g/mol. The predicted molar refractivity (Wildman–Crippen MR) is 87.7 cm³/mol. The van der Waals surface area contributed by atoms with Crippen LogP contribution in [0.25, 0.3) is 10.9 Å². The molecule has 2 N–H and O–H groups in total. The lowest BCUT2D eigenvalue weighted by Crippen LogP contribution is -2.66. The molecule has 0 bridgehead atoms. The largest absolute Gasteiger partial charge is 0.357 e. The van der Waals surface area contributed by atoms with Crippen LogP contribution >= 0.6 is 0 Å². The van der Waals surface area contributed by atoms with E-state index in [1.807, 2.05) is 32.0 Å². The predicted octanol–water partition coefficient (Wildman–Crippen LogP) is 1.97. The Bertz CT molecular complexity index is 795. The van der Waals surface area contributed by atoms with Crippen molar-refractivity contribution < 1.29 is 9.59 Å². The van der Waals surface area contributed by atoms with E-state index in [0.29, 0.717) is 13.0 Å². The van der Waals surface area contributed by atoms with Gasteiger partial charge in [0.25, 0.3) is 0 Å². The van der Waals surface area contributed by atoms with Crippen LogP contribution in [-0.2, 0) is 22.6 Å². The van der Waals surface area contributed by atoms with Crippen LogP contribution in [-0.4, -0.2) is 33.8 Å². The molecule has 0 saturated carbocycles. The molecule has 2 amide bonds. The Morgan fingerprint density at radius 1 is 1.30 bits per heavy atom. The zero-order chi connectivity index (χ0) is 16.1. The summed E-state index contributed by atoms with van der Waals surface area (Å²) in [6.07, 6.45) is 1.46. The van der Waals surface area contributed by atoms with Gasteiger partial charge in [0.1, 0.15) is 12.1 Å². The minimum absolute atomic E-state index is 0.0224. The van der Waals surface area contributed by atoms with Gasteiger partial charge >= 0.3 is 0 Å². The van der Waals surface area contributed by atoms with Crippen molar-refractivity contribution in [1.82, 2.24) is 15.2 Å². The molecule has 1 saturated heterocycles. The van der Waals surface area contributed by atoms with Crippen molar-refractivity contribution >= 4 is 22.7 Å². The van der Waals surface area contributed by atoms with E-state index in [2.05, 4.69) is 16.4 Å². The molecule has 2 aliphatic heterocycles. The Morgan fingerprint density at radius 3 is 2.87 bits per heavy atom. The molecule has 2 aliphatic rings. The molecule has 1 unspecified atom stereocenters. The van der Waals surface area contributed by atoms with Crippen LogP contribution in [0.2, 0.25) is 0 Å².